The lowest BCUT2D eigenvalue weighted by molar-refractivity contribution is -0.158. The smallest absolute Gasteiger partial charge is 0.377 e. The predicted molar refractivity (Wildman–Crippen MR) is 98.8 cm³/mol. The summed E-state index contributed by atoms with van der Waals surface area (Å²) in [5, 5.41) is 2.88. The number of carbonyl (C=O) groups is 4. The lowest BCUT2D eigenvalue weighted by Crippen LogP contribution is -2.57. The zero-order valence-electron chi connectivity index (χ0n) is 15.8. The van der Waals surface area contributed by atoms with Crippen LogP contribution in [0.2, 0.25) is 0 Å². The fraction of sp³-hybridized carbons (Fsp3) is 0.500. The van der Waals surface area contributed by atoms with Crippen LogP contribution >= 0.6 is 0 Å². The lowest BCUT2D eigenvalue weighted by Gasteiger charge is -2.25. The highest BCUT2D eigenvalue weighted by atomic mass is 16.5. The third-order valence-electron chi connectivity index (χ3n) is 4.73. The van der Waals surface area contributed by atoms with Gasteiger partial charge >= 0.3 is 5.97 Å². The van der Waals surface area contributed by atoms with Gasteiger partial charge in [0.2, 0.25) is 5.91 Å². The average molecular weight is 374 g/mol. The number of hydrogen-bond donors (Lipinski definition) is 1. The van der Waals surface area contributed by atoms with Gasteiger partial charge < -0.3 is 9.64 Å². The molecule has 0 bridgehead atoms. The van der Waals surface area contributed by atoms with Gasteiger partial charge in [-0.25, -0.2) is 4.79 Å². The molecule has 1 fully saturated rings. The molecular formula is C20H26N2O5. The van der Waals surface area contributed by atoms with Gasteiger partial charge in [0.25, 0.3) is 5.78 Å². The fourth-order valence-electron chi connectivity index (χ4n) is 3.24. The summed E-state index contributed by atoms with van der Waals surface area (Å²) in [6, 6.07) is 9.54. The third kappa shape index (κ3) is 5.01. The van der Waals surface area contributed by atoms with Gasteiger partial charge in [-0.1, -0.05) is 30.3 Å². The molecule has 1 aromatic carbocycles. The molecule has 7 heteroatoms. The molecule has 0 radical (unpaired) electrons. The van der Waals surface area contributed by atoms with Crippen LogP contribution in [0.1, 0.15) is 38.2 Å². The first-order valence-corrected chi connectivity index (χ1v) is 9.18. The van der Waals surface area contributed by atoms with Gasteiger partial charge in [0.15, 0.2) is 5.78 Å². The van der Waals surface area contributed by atoms with Gasteiger partial charge in [0.1, 0.15) is 5.54 Å². The molecule has 0 aromatic heterocycles. The molecule has 0 spiro atoms. The number of rotatable bonds is 9. The summed E-state index contributed by atoms with van der Waals surface area (Å²) in [6.07, 6.45) is 0.744. The van der Waals surface area contributed by atoms with Crippen molar-refractivity contribution in [2.45, 2.75) is 44.7 Å². The van der Waals surface area contributed by atoms with Crippen molar-refractivity contribution >= 4 is 23.4 Å². The highest BCUT2D eigenvalue weighted by Gasteiger charge is 2.50. The zero-order valence-corrected chi connectivity index (χ0v) is 15.8. The number of esters is 1. The highest BCUT2D eigenvalue weighted by Crippen LogP contribution is 2.24. The Hall–Kier alpha value is -2.54. The number of ketones is 2. The normalized spacial score (nSPS) is 18.7. The summed E-state index contributed by atoms with van der Waals surface area (Å²) in [5.74, 6) is -2.49. The Kier molecular flexibility index (Phi) is 7.24. The molecule has 1 heterocycles. The van der Waals surface area contributed by atoms with Crippen molar-refractivity contribution < 1.29 is 23.9 Å². The van der Waals surface area contributed by atoms with Crippen LogP contribution in [0.15, 0.2) is 30.3 Å². The molecule has 27 heavy (non-hydrogen) atoms. The number of nitrogens with zero attached hydrogens (tertiary/aromatic N) is 1. The summed E-state index contributed by atoms with van der Waals surface area (Å²) < 4.78 is 4.77. The van der Waals surface area contributed by atoms with Gasteiger partial charge in [-0.15, -0.1) is 0 Å². The van der Waals surface area contributed by atoms with E-state index in [1.807, 2.05) is 30.3 Å². The van der Waals surface area contributed by atoms with Crippen molar-refractivity contribution in [3.8, 4) is 0 Å². The summed E-state index contributed by atoms with van der Waals surface area (Å²) in [5.41, 5.74) is -0.559. The van der Waals surface area contributed by atoms with Crippen molar-refractivity contribution in [3.05, 3.63) is 35.9 Å². The number of Topliss-reactive ketones (excluding diaryl/α,β-unsaturated/α-hetero) is 2. The van der Waals surface area contributed by atoms with Crippen molar-refractivity contribution in [1.82, 2.24) is 10.2 Å². The van der Waals surface area contributed by atoms with Crippen LogP contribution in [0.4, 0.5) is 0 Å². The molecule has 1 atom stereocenters. The molecule has 1 amide bonds. The molecule has 7 nitrogen and oxygen atoms in total. The molecule has 2 rings (SSSR count). The maximum absolute atomic E-state index is 12.7. The maximum atomic E-state index is 12.7. The first-order chi connectivity index (χ1) is 12.9. The molecule has 1 aromatic rings. The Morgan fingerprint density at radius 1 is 1.15 bits per heavy atom. The van der Waals surface area contributed by atoms with E-state index in [4.69, 9.17) is 4.74 Å². The van der Waals surface area contributed by atoms with Gasteiger partial charge in [-0.05, 0) is 31.9 Å². The Morgan fingerprint density at radius 3 is 2.44 bits per heavy atom. The first kappa shape index (κ1) is 20.8. The minimum absolute atomic E-state index is 0.0122. The highest BCUT2D eigenvalue weighted by molar-refractivity contribution is 6.42. The van der Waals surface area contributed by atoms with Crippen LogP contribution < -0.4 is 5.32 Å². The van der Waals surface area contributed by atoms with Gasteiger partial charge in [-0.3, -0.25) is 19.7 Å². The largest absolute Gasteiger partial charge is 0.460 e. The van der Waals surface area contributed by atoms with Crippen LogP contribution in [-0.4, -0.2) is 54.1 Å². The van der Waals surface area contributed by atoms with Gasteiger partial charge in [0, 0.05) is 26.4 Å². The topological polar surface area (TPSA) is 92.8 Å². The third-order valence-corrected chi connectivity index (χ3v) is 4.73. The Balaban J connectivity index is 1.96. The number of benzene rings is 1. The number of ether oxygens (including phenoxy) is 1. The van der Waals surface area contributed by atoms with Crippen LogP contribution in [0.3, 0.4) is 0 Å². The van der Waals surface area contributed by atoms with Crippen LogP contribution in [0.25, 0.3) is 0 Å². The molecule has 0 saturated carbocycles. The SMILES string of the molecule is CCOC(=O)C(=O)[C@@]1(C(=O)CCC(=O)N(C)Cc2ccccc2)CCCN1. The second-order valence-electron chi connectivity index (χ2n) is 6.64. The van der Waals surface area contributed by atoms with Gasteiger partial charge in [0.05, 0.1) is 6.61 Å². The first-order valence-electron chi connectivity index (χ1n) is 9.18. The Labute approximate surface area is 159 Å². The van der Waals surface area contributed by atoms with Crippen LogP contribution in [-0.2, 0) is 30.5 Å². The summed E-state index contributed by atoms with van der Waals surface area (Å²) in [6.45, 7) is 2.58. The molecule has 1 N–H and O–H groups in total. The number of amides is 1. The molecule has 146 valence electrons. The monoisotopic (exact) mass is 374 g/mol. The lowest BCUT2D eigenvalue weighted by atomic mass is 9.85. The summed E-state index contributed by atoms with van der Waals surface area (Å²) in [7, 11) is 1.67. The second kappa shape index (κ2) is 9.41. The van der Waals surface area contributed by atoms with E-state index in [1.165, 1.54) is 0 Å². The Morgan fingerprint density at radius 2 is 1.85 bits per heavy atom. The van der Waals surface area contributed by atoms with Gasteiger partial charge in [-0.2, -0.15) is 0 Å². The van der Waals surface area contributed by atoms with Crippen molar-refractivity contribution in [2.75, 3.05) is 20.2 Å². The molecule has 0 aliphatic carbocycles. The predicted octanol–water partition coefficient (Wildman–Crippen LogP) is 1.25. The molecule has 1 saturated heterocycles. The fourth-order valence-corrected chi connectivity index (χ4v) is 3.24. The number of hydrogen-bond acceptors (Lipinski definition) is 6. The van der Waals surface area contributed by atoms with E-state index in [9.17, 15) is 19.2 Å². The average Bonchev–Trinajstić information content (AvgIpc) is 3.17. The van der Waals surface area contributed by atoms with E-state index in [1.54, 1.807) is 18.9 Å². The van der Waals surface area contributed by atoms with Crippen molar-refractivity contribution in [3.63, 3.8) is 0 Å². The molecule has 1 aliphatic rings. The molecule has 0 unspecified atom stereocenters. The quantitative estimate of drug-likeness (QED) is 0.397. The van der Waals surface area contributed by atoms with Crippen molar-refractivity contribution in [1.29, 1.82) is 0 Å². The minimum atomic E-state index is -1.55. The second-order valence-corrected chi connectivity index (χ2v) is 6.64. The standard InChI is InChI=1S/C20H26N2O5/c1-3-27-19(26)18(25)20(12-7-13-21-20)16(23)10-11-17(24)22(2)14-15-8-5-4-6-9-15/h4-6,8-9,21H,3,7,10-14H2,1-2H3/t20-/m0/s1. The molecule has 1 aliphatic heterocycles. The van der Waals surface area contributed by atoms with Crippen molar-refractivity contribution in [2.24, 2.45) is 0 Å². The van der Waals surface area contributed by atoms with E-state index in [-0.39, 0.29) is 31.8 Å². The van der Waals surface area contributed by atoms with E-state index < -0.39 is 23.1 Å². The van der Waals surface area contributed by atoms with Crippen LogP contribution in [0, 0.1) is 0 Å². The summed E-state index contributed by atoms with van der Waals surface area (Å²) >= 11 is 0. The van der Waals surface area contributed by atoms with E-state index >= 15 is 0 Å². The van der Waals surface area contributed by atoms with Crippen LogP contribution in [0.5, 0.6) is 0 Å². The van der Waals surface area contributed by atoms with E-state index in [0.717, 1.165) is 5.56 Å². The van der Waals surface area contributed by atoms with E-state index in [2.05, 4.69) is 5.32 Å². The minimum Gasteiger partial charge on any atom is -0.460 e. The zero-order chi connectivity index (χ0) is 19.9. The molecular weight excluding hydrogens is 348 g/mol. The maximum Gasteiger partial charge on any atom is 0.377 e. The number of nitrogens with one attached hydrogen (secondary N) is 1. The van der Waals surface area contributed by atoms with E-state index in [0.29, 0.717) is 19.5 Å². The summed E-state index contributed by atoms with van der Waals surface area (Å²) in [4.78, 5) is 51.0. The Bertz CT molecular complexity index is 696. The number of carbonyl (C=O) groups excluding carboxylic acids is 4.